The Balaban J connectivity index is 3.54. The van der Waals surface area contributed by atoms with E-state index < -0.39 is 18.0 Å². The Bertz CT molecular complexity index is 506. The van der Waals surface area contributed by atoms with E-state index in [1.54, 1.807) is 6.07 Å². The SMILES string of the molecule is COC(=O)c1c(C#N)cc(C(F)F)cc1C=O. The summed E-state index contributed by atoms with van der Waals surface area (Å²) in [5.74, 6) is -0.913. The molecule has 0 saturated heterocycles. The van der Waals surface area contributed by atoms with E-state index in [0.29, 0.717) is 0 Å². The molecule has 0 heterocycles. The topological polar surface area (TPSA) is 67.2 Å². The molecule has 0 amide bonds. The Morgan fingerprint density at radius 3 is 2.59 bits per heavy atom. The lowest BCUT2D eigenvalue weighted by Gasteiger charge is -2.08. The van der Waals surface area contributed by atoms with Crippen LogP contribution >= 0.6 is 0 Å². The van der Waals surface area contributed by atoms with Crippen LogP contribution in [0.2, 0.25) is 0 Å². The van der Waals surface area contributed by atoms with Crippen molar-refractivity contribution in [2.24, 2.45) is 0 Å². The number of rotatable bonds is 3. The largest absolute Gasteiger partial charge is 0.465 e. The molecule has 0 aliphatic heterocycles. The number of nitriles is 1. The molecule has 0 unspecified atom stereocenters. The maximum absolute atomic E-state index is 12.5. The van der Waals surface area contributed by atoms with Gasteiger partial charge >= 0.3 is 5.97 Å². The minimum absolute atomic E-state index is 0.235. The molecule has 4 nitrogen and oxygen atoms in total. The van der Waals surface area contributed by atoms with Gasteiger partial charge in [0.05, 0.1) is 18.2 Å². The van der Waals surface area contributed by atoms with E-state index in [0.717, 1.165) is 19.2 Å². The van der Waals surface area contributed by atoms with E-state index in [1.165, 1.54) is 0 Å². The van der Waals surface area contributed by atoms with Gasteiger partial charge in [-0.1, -0.05) is 0 Å². The van der Waals surface area contributed by atoms with Crippen LogP contribution in [0.3, 0.4) is 0 Å². The highest BCUT2D eigenvalue weighted by atomic mass is 19.3. The smallest absolute Gasteiger partial charge is 0.339 e. The number of nitrogens with zero attached hydrogens (tertiary/aromatic N) is 1. The van der Waals surface area contributed by atoms with Crippen LogP contribution < -0.4 is 0 Å². The Kier molecular flexibility index (Phi) is 3.88. The monoisotopic (exact) mass is 239 g/mol. The number of methoxy groups -OCH3 is 1. The molecule has 0 aliphatic rings. The number of alkyl halides is 2. The molecule has 1 aromatic rings. The summed E-state index contributed by atoms with van der Waals surface area (Å²) in [5.41, 5.74) is -1.38. The number of aldehydes is 1. The van der Waals surface area contributed by atoms with Gasteiger partial charge in [0.15, 0.2) is 6.29 Å². The first-order valence-electron chi connectivity index (χ1n) is 4.44. The lowest BCUT2D eigenvalue weighted by Crippen LogP contribution is -2.09. The van der Waals surface area contributed by atoms with Crippen molar-refractivity contribution in [3.63, 3.8) is 0 Å². The summed E-state index contributed by atoms with van der Waals surface area (Å²) in [5, 5.41) is 8.77. The van der Waals surface area contributed by atoms with Gasteiger partial charge in [-0.2, -0.15) is 5.26 Å². The fraction of sp³-hybridized carbons (Fsp3) is 0.182. The summed E-state index contributed by atoms with van der Waals surface area (Å²) >= 11 is 0. The second-order valence-electron chi connectivity index (χ2n) is 3.05. The summed E-state index contributed by atoms with van der Waals surface area (Å²) in [6, 6.07) is 3.32. The second-order valence-corrected chi connectivity index (χ2v) is 3.05. The molecule has 0 radical (unpaired) electrons. The maximum Gasteiger partial charge on any atom is 0.339 e. The zero-order valence-corrected chi connectivity index (χ0v) is 8.74. The molecule has 88 valence electrons. The zero-order valence-electron chi connectivity index (χ0n) is 8.74. The number of esters is 1. The molecule has 0 fully saturated rings. The molecule has 0 saturated carbocycles. The number of hydrogen-bond donors (Lipinski definition) is 0. The molecule has 1 aromatic carbocycles. The Morgan fingerprint density at radius 1 is 1.53 bits per heavy atom. The van der Waals surface area contributed by atoms with Gasteiger partial charge in [0.1, 0.15) is 6.07 Å². The third-order valence-corrected chi connectivity index (χ3v) is 2.08. The normalized spacial score (nSPS) is 9.82. The van der Waals surface area contributed by atoms with Gasteiger partial charge in [0.25, 0.3) is 6.43 Å². The van der Waals surface area contributed by atoms with Crippen molar-refractivity contribution in [3.8, 4) is 6.07 Å². The van der Waals surface area contributed by atoms with E-state index in [2.05, 4.69) is 4.74 Å². The van der Waals surface area contributed by atoms with Gasteiger partial charge < -0.3 is 4.74 Å². The highest BCUT2D eigenvalue weighted by Crippen LogP contribution is 2.24. The average molecular weight is 239 g/mol. The Hall–Kier alpha value is -2.29. The summed E-state index contributed by atoms with van der Waals surface area (Å²) in [6.07, 6.45) is -2.59. The van der Waals surface area contributed by atoms with Crippen LogP contribution in [0.15, 0.2) is 12.1 Å². The molecule has 0 atom stereocenters. The molecule has 6 heteroatoms. The molecule has 17 heavy (non-hydrogen) atoms. The van der Waals surface area contributed by atoms with Crippen molar-refractivity contribution in [2.45, 2.75) is 6.43 Å². The van der Waals surface area contributed by atoms with Crippen LogP contribution in [-0.4, -0.2) is 19.4 Å². The number of benzene rings is 1. The molecule has 0 aromatic heterocycles. The van der Waals surface area contributed by atoms with E-state index in [1.807, 2.05) is 0 Å². The van der Waals surface area contributed by atoms with Crippen molar-refractivity contribution in [1.29, 1.82) is 5.26 Å². The van der Waals surface area contributed by atoms with Gasteiger partial charge in [-0.15, -0.1) is 0 Å². The zero-order chi connectivity index (χ0) is 13.0. The predicted octanol–water partition coefficient (Wildman–Crippen LogP) is 2.09. The Morgan fingerprint density at radius 2 is 2.18 bits per heavy atom. The van der Waals surface area contributed by atoms with Crippen molar-refractivity contribution < 1.29 is 23.1 Å². The predicted molar refractivity (Wildman–Crippen MR) is 52.8 cm³/mol. The maximum atomic E-state index is 12.5. The first kappa shape index (κ1) is 12.8. The van der Waals surface area contributed by atoms with Crippen LogP contribution in [0.25, 0.3) is 0 Å². The quantitative estimate of drug-likeness (QED) is 0.598. The minimum Gasteiger partial charge on any atom is -0.465 e. The van der Waals surface area contributed by atoms with Crippen molar-refractivity contribution in [2.75, 3.05) is 7.11 Å². The summed E-state index contributed by atoms with van der Waals surface area (Å²) in [6.45, 7) is 0. The highest BCUT2D eigenvalue weighted by molar-refractivity contribution is 6.00. The molecular weight excluding hydrogens is 232 g/mol. The van der Waals surface area contributed by atoms with E-state index in [9.17, 15) is 18.4 Å². The standard InChI is InChI=1S/C11H7F2NO3/c1-17-11(16)9-7(4-14)2-6(10(12)13)3-8(9)5-15/h2-3,5,10H,1H3. The lowest BCUT2D eigenvalue weighted by molar-refractivity contribution is 0.0597. The number of hydrogen-bond acceptors (Lipinski definition) is 4. The number of carbonyl (C=O) groups is 2. The molecule has 0 aliphatic carbocycles. The first-order chi connectivity index (χ1) is 8.04. The fourth-order valence-corrected chi connectivity index (χ4v) is 1.32. The number of halogens is 2. The third kappa shape index (κ3) is 2.45. The fourth-order valence-electron chi connectivity index (χ4n) is 1.32. The Labute approximate surface area is 95.4 Å². The van der Waals surface area contributed by atoms with Crippen molar-refractivity contribution >= 4 is 12.3 Å². The van der Waals surface area contributed by atoms with Crippen LogP contribution in [-0.2, 0) is 4.74 Å². The molecular formula is C11H7F2NO3. The summed E-state index contributed by atoms with van der Waals surface area (Å²) in [4.78, 5) is 22.1. The summed E-state index contributed by atoms with van der Waals surface area (Å²) < 4.78 is 29.3. The summed E-state index contributed by atoms with van der Waals surface area (Å²) in [7, 11) is 1.07. The number of carbonyl (C=O) groups excluding carboxylic acids is 2. The van der Waals surface area contributed by atoms with Gasteiger partial charge in [-0.3, -0.25) is 4.79 Å². The molecule has 1 rings (SSSR count). The first-order valence-corrected chi connectivity index (χ1v) is 4.44. The van der Waals surface area contributed by atoms with Gasteiger partial charge in [0, 0.05) is 11.1 Å². The van der Waals surface area contributed by atoms with E-state index >= 15 is 0 Å². The van der Waals surface area contributed by atoms with Crippen LogP contribution in [0.5, 0.6) is 0 Å². The molecule has 0 N–H and O–H groups in total. The van der Waals surface area contributed by atoms with Crippen molar-refractivity contribution in [3.05, 3.63) is 34.4 Å². The number of ether oxygens (including phenoxy) is 1. The lowest BCUT2D eigenvalue weighted by atomic mass is 9.99. The molecule has 0 bridgehead atoms. The third-order valence-electron chi connectivity index (χ3n) is 2.08. The van der Waals surface area contributed by atoms with Gasteiger partial charge in [-0.05, 0) is 12.1 Å². The minimum atomic E-state index is -2.83. The van der Waals surface area contributed by atoms with E-state index in [4.69, 9.17) is 5.26 Å². The van der Waals surface area contributed by atoms with Crippen LogP contribution in [0, 0.1) is 11.3 Å². The van der Waals surface area contributed by atoms with Crippen molar-refractivity contribution in [1.82, 2.24) is 0 Å². The van der Waals surface area contributed by atoms with E-state index in [-0.39, 0.29) is 23.0 Å². The highest BCUT2D eigenvalue weighted by Gasteiger charge is 2.20. The van der Waals surface area contributed by atoms with Crippen LogP contribution in [0.1, 0.15) is 38.3 Å². The molecule has 0 spiro atoms. The van der Waals surface area contributed by atoms with Gasteiger partial charge in [0.2, 0.25) is 0 Å². The second kappa shape index (κ2) is 5.16. The van der Waals surface area contributed by atoms with Crippen LogP contribution in [0.4, 0.5) is 8.78 Å². The average Bonchev–Trinajstić information content (AvgIpc) is 2.35. The van der Waals surface area contributed by atoms with Gasteiger partial charge in [-0.25, -0.2) is 13.6 Å².